The molecule has 3 nitrogen and oxygen atoms in total. The molecule has 5 heteroatoms. The fraction of sp³-hybridized carbons (Fsp3) is 0.538. The lowest BCUT2D eigenvalue weighted by Crippen LogP contribution is -2.45. The van der Waals surface area contributed by atoms with Crippen LogP contribution in [0.3, 0.4) is 0 Å². The van der Waals surface area contributed by atoms with Gasteiger partial charge >= 0.3 is 0 Å². The first-order valence-electron chi connectivity index (χ1n) is 5.82. The molecule has 0 aliphatic heterocycles. The molecule has 0 amide bonds. The number of likely N-dealkylation sites (N-methyl/N-ethyl adjacent to an activating group) is 1. The third-order valence-corrected chi connectivity index (χ3v) is 3.49. The fourth-order valence-corrected chi connectivity index (χ4v) is 2.46. The van der Waals surface area contributed by atoms with Crippen LogP contribution in [0.25, 0.3) is 0 Å². The van der Waals surface area contributed by atoms with Crippen molar-refractivity contribution < 1.29 is 5.11 Å². The van der Waals surface area contributed by atoms with Crippen molar-refractivity contribution in [2.45, 2.75) is 19.1 Å². The molecule has 1 atom stereocenters. The Hall–Kier alpha value is -0.130. The molecule has 0 fully saturated rings. The molecule has 0 bridgehead atoms. The SMILES string of the molecule is CN(C)CC(C)(O)CNCc1cc(Cl)ccc1Br. The molecule has 1 rings (SSSR count). The maximum Gasteiger partial charge on any atom is 0.0869 e. The van der Waals surface area contributed by atoms with Gasteiger partial charge in [-0.1, -0.05) is 27.5 Å². The average Bonchev–Trinajstić information content (AvgIpc) is 2.21. The number of nitrogens with zero attached hydrogens (tertiary/aromatic N) is 1. The number of hydrogen-bond donors (Lipinski definition) is 2. The van der Waals surface area contributed by atoms with Gasteiger partial charge in [0.25, 0.3) is 0 Å². The van der Waals surface area contributed by atoms with Crippen molar-refractivity contribution in [3.05, 3.63) is 33.3 Å². The van der Waals surface area contributed by atoms with Crippen molar-refractivity contribution in [1.82, 2.24) is 10.2 Å². The highest BCUT2D eigenvalue weighted by molar-refractivity contribution is 9.10. The summed E-state index contributed by atoms with van der Waals surface area (Å²) in [7, 11) is 3.89. The minimum Gasteiger partial charge on any atom is -0.388 e. The second-order valence-electron chi connectivity index (χ2n) is 5.07. The second-order valence-corrected chi connectivity index (χ2v) is 6.36. The van der Waals surface area contributed by atoms with Gasteiger partial charge in [0.15, 0.2) is 0 Å². The van der Waals surface area contributed by atoms with Gasteiger partial charge in [0.1, 0.15) is 0 Å². The van der Waals surface area contributed by atoms with Crippen LogP contribution in [0, 0.1) is 0 Å². The van der Waals surface area contributed by atoms with Gasteiger partial charge in [-0.2, -0.15) is 0 Å². The molecule has 0 radical (unpaired) electrons. The van der Waals surface area contributed by atoms with Crippen LogP contribution in [-0.2, 0) is 6.54 Å². The van der Waals surface area contributed by atoms with Crippen LogP contribution < -0.4 is 5.32 Å². The highest BCUT2D eigenvalue weighted by Crippen LogP contribution is 2.21. The molecule has 0 heterocycles. The summed E-state index contributed by atoms with van der Waals surface area (Å²) in [4.78, 5) is 1.97. The Balaban J connectivity index is 2.48. The normalized spacial score (nSPS) is 14.8. The minimum atomic E-state index is -0.742. The van der Waals surface area contributed by atoms with Gasteiger partial charge in [0.2, 0.25) is 0 Å². The highest BCUT2D eigenvalue weighted by Gasteiger charge is 2.20. The van der Waals surface area contributed by atoms with E-state index in [0.717, 1.165) is 15.1 Å². The zero-order valence-electron chi connectivity index (χ0n) is 11.0. The van der Waals surface area contributed by atoms with E-state index in [1.165, 1.54) is 0 Å². The van der Waals surface area contributed by atoms with Crippen molar-refractivity contribution >= 4 is 27.5 Å². The second kappa shape index (κ2) is 6.87. The number of aliphatic hydroxyl groups is 1. The summed E-state index contributed by atoms with van der Waals surface area (Å²) in [5.74, 6) is 0. The van der Waals surface area contributed by atoms with Gasteiger partial charge in [-0.25, -0.2) is 0 Å². The Morgan fingerprint density at radius 3 is 2.72 bits per heavy atom. The summed E-state index contributed by atoms with van der Waals surface area (Å²) in [6.07, 6.45) is 0. The molecule has 0 aromatic heterocycles. The van der Waals surface area contributed by atoms with Crippen molar-refractivity contribution in [3.8, 4) is 0 Å². The number of benzene rings is 1. The lowest BCUT2D eigenvalue weighted by Gasteiger charge is -2.27. The Bertz CT molecular complexity index is 397. The summed E-state index contributed by atoms with van der Waals surface area (Å²) < 4.78 is 1.02. The maximum atomic E-state index is 10.1. The summed E-state index contributed by atoms with van der Waals surface area (Å²) >= 11 is 9.43. The first kappa shape index (κ1) is 15.9. The van der Waals surface area contributed by atoms with E-state index in [4.69, 9.17) is 11.6 Å². The summed E-state index contributed by atoms with van der Waals surface area (Å²) in [5.41, 5.74) is 0.345. The van der Waals surface area contributed by atoms with Crippen LogP contribution in [0.4, 0.5) is 0 Å². The maximum absolute atomic E-state index is 10.1. The van der Waals surface area contributed by atoms with Gasteiger partial charge in [-0.3, -0.25) is 0 Å². The quantitative estimate of drug-likeness (QED) is 0.838. The van der Waals surface area contributed by atoms with E-state index in [-0.39, 0.29) is 0 Å². The van der Waals surface area contributed by atoms with E-state index < -0.39 is 5.60 Å². The standard InChI is InChI=1S/C13H20BrClN2O/c1-13(18,9-17(2)3)8-16-7-10-6-11(15)4-5-12(10)14/h4-6,16,18H,7-9H2,1-3H3. The molecular formula is C13H20BrClN2O. The molecule has 0 aliphatic rings. The molecule has 18 heavy (non-hydrogen) atoms. The zero-order valence-corrected chi connectivity index (χ0v) is 13.3. The lowest BCUT2D eigenvalue weighted by atomic mass is 10.1. The molecule has 1 aromatic rings. The van der Waals surface area contributed by atoms with Crippen LogP contribution in [-0.4, -0.2) is 42.8 Å². The fourth-order valence-electron chi connectivity index (χ4n) is 1.88. The molecule has 0 saturated carbocycles. The molecule has 0 spiro atoms. The van der Waals surface area contributed by atoms with Crippen molar-refractivity contribution in [2.75, 3.05) is 27.2 Å². The van der Waals surface area contributed by atoms with E-state index in [2.05, 4.69) is 21.2 Å². The van der Waals surface area contributed by atoms with Crippen LogP contribution in [0.15, 0.2) is 22.7 Å². The molecule has 0 aliphatic carbocycles. The average molecular weight is 336 g/mol. The molecule has 102 valence electrons. The van der Waals surface area contributed by atoms with Crippen molar-refractivity contribution in [1.29, 1.82) is 0 Å². The van der Waals surface area contributed by atoms with Crippen LogP contribution in [0.2, 0.25) is 5.02 Å². The van der Waals surface area contributed by atoms with Gasteiger partial charge in [-0.15, -0.1) is 0 Å². The topological polar surface area (TPSA) is 35.5 Å². The Kier molecular flexibility index (Phi) is 6.08. The smallest absolute Gasteiger partial charge is 0.0869 e. The van der Waals surface area contributed by atoms with Gasteiger partial charge in [-0.05, 0) is 44.8 Å². The largest absolute Gasteiger partial charge is 0.388 e. The minimum absolute atomic E-state index is 0.532. The predicted molar refractivity (Wildman–Crippen MR) is 80.0 cm³/mol. The Morgan fingerprint density at radius 2 is 2.11 bits per heavy atom. The summed E-state index contributed by atoms with van der Waals surface area (Å²) in [6, 6.07) is 5.69. The van der Waals surface area contributed by atoms with Crippen molar-refractivity contribution in [3.63, 3.8) is 0 Å². The molecule has 1 unspecified atom stereocenters. The summed E-state index contributed by atoms with van der Waals surface area (Å²) in [6.45, 7) is 3.65. The third kappa shape index (κ3) is 5.67. The molecule has 1 aromatic carbocycles. The van der Waals surface area contributed by atoms with Crippen molar-refractivity contribution in [2.24, 2.45) is 0 Å². The number of halogens is 2. The number of hydrogen-bond acceptors (Lipinski definition) is 3. The molecule has 0 saturated heterocycles. The first-order chi connectivity index (χ1) is 8.30. The lowest BCUT2D eigenvalue weighted by molar-refractivity contribution is 0.0336. The Labute approximate surface area is 122 Å². The summed E-state index contributed by atoms with van der Waals surface area (Å²) in [5, 5.41) is 14.1. The number of rotatable bonds is 6. The van der Waals surface area contributed by atoms with Gasteiger partial charge < -0.3 is 15.3 Å². The van der Waals surface area contributed by atoms with Crippen LogP contribution in [0.1, 0.15) is 12.5 Å². The molecule has 2 N–H and O–H groups in total. The van der Waals surface area contributed by atoms with Gasteiger partial charge in [0.05, 0.1) is 5.60 Å². The Morgan fingerprint density at radius 1 is 1.44 bits per heavy atom. The van der Waals surface area contributed by atoms with E-state index in [1.54, 1.807) is 0 Å². The first-order valence-corrected chi connectivity index (χ1v) is 6.99. The van der Waals surface area contributed by atoms with Crippen LogP contribution in [0.5, 0.6) is 0 Å². The van der Waals surface area contributed by atoms with E-state index in [0.29, 0.717) is 19.6 Å². The van der Waals surface area contributed by atoms with E-state index in [1.807, 2.05) is 44.1 Å². The van der Waals surface area contributed by atoms with Crippen LogP contribution >= 0.6 is 27.5 Å². The third-order valence-electron chi connectivity index (χ3n) is 2.49. The zero-order chi connectivity index (χ0) is 13.8. The van der Waals surface area contributed by atoms with Gasteiger partial charge in [0, 0.05) is 29.1 Å². The highest BCUT2D eigenvalue weighted by atomic mass is 79.9. The van der Waals surface area contributed by atoms with E-state index >= 15 is 0 Å². The van der Waals surface area contributed by atoms with E-state index in [9.17, 15) is 5.11 Å². The molecular weight excluding hydrogens is 316 g/mol. The predicted octanol–water partition coefficient (Wildman–Crippen LogP) is 2.50. The number of nitrogens with one attached hydrogen (secondary N) is 1. The monoisotopic (exact) mass is 334 g/mol.